The van der Waals surface area contributed by atoms with E-state index in [-0.39, 0.29) is 44.4 Å². The number of esters is 1. The number of ether oxygens (including phenoxy) is 1. The third kappa shape index (κ3) is 4.00. The van der Waals surface area contributed by atoms with Gasteiger partial charge in [0.25, 0.3) is 5.91 Å². The first-order valence-corrected chi connectivity index (χ1v) is 10.2. The van der Waals surface area contributed by atoms with Gasteiger partial charge in [-0.2, -0.15) is 0 Å². The minimum absolute atomic E-state index is 0.121. The maximum absolute atomic E-state index is 15.0. The molecule has 0 saturated carbocycles. The molecule has 164 valence electrons. The van der Waals surface area contributed by atoms with E-state index >= 15 is 0 Å². The Morgan fingerprint density at radius 2 is 1.87 bits per heavy atom. The number of phenols is 1. The molecule has 0 radical (unpaired) electrons. The van der Waals surface area contributed by atoms with E-state index in [0.29, 0.717) is 6.42 Å². The van der Waals surface area contributed by atoms with Gasteiger partial charge in [0.05, 0.1) is 28.1 Å². The largest absolute Gasteiger partial charge is 0.503 e. The van der Waals surface area contributed by atoms with Gasteiger partial charge >= 0.3 is 5.97 Å². The Morgan fingerprint density at radius 1 is 1.19 bits per heavy atom. The lowest BCUT2D eigenvalue weighted by Crippen LogP contribution is -2.17. The number of carbonyl (C=O) groups excluding carboxylic acids is 2. The van der Waals surface area contributed by atoms with E-state index in [1.54, 1.807) is 0 Å². The molecule has 0 aliphatic rings. The molecule has 5 nitrogen and oxygen atoms in total. The highest BCUT2D eigenvalue weighted by atomic mass is 35.5. The van der Waals surface area contributed by atoms with E-state index in [9.17, 15) is 23.5 Å². The summed E-state index contributed by atoms with van der Waals surface area (Å²) in [5, 5.41) is 9.96. The van der Waals surface area contributed by atoms with Crippen LogP contribution in [0.2, 0.25) is 10.0 Å². The SMILES string of the molecule is CCCOC(=O)C(C)c1c(C)n(C(=O)c2ccc(Cl)c(Cl)c2)c2cc(F)c(O)c(F)c12. The van der Waals surface area contributed by atoms with Crippen molar-refractivity contribution in [2.75, 3.05) is 6.61 Å². The fourth-order valence-corrected chi connectivity index (χ4v) is 3.80. The number of carbonyl (C=O) groups is 2. The molecule has 0 aliphatic heterocycles. The molecule has 1 atom stereocenters. The van der Waals surface area contributed by atoms with Gasteiger partial charge in [0.2, 0.25) is 0 Å². The second-order valence-corrected chi connectivity index (χ2v) is 7.89. The zero-order valence-electron chi connectivity index (χ0n) is 16.9. The number of aromatic nitrogens is 1. The Balaban J connectivity index is 2.29. The van der Waals surface area contributed by atoms with Gasteiger partial charge in [-0.15, -0.1) is 0 Å². The monoisotopic (exact) mass is 469 g/mol. The summed E-state index contributed by atoms with van der Waals surface area (Å²) in [5.74, 6) is -5.93. The highest BCUT2D eigenvalue weighted by Gasteiger charge is 2.31. The number of phenolic OH excluding ortho intramolecular Hbond substituents is 1. The molecule has 9 heteroatoms. The molecule has 0 bridgehead atoms. The van der Waals surface area contributed by atoms with Gasteiger partial charge in [-0.3, -0.25) is 14.2 Å². The second-order valence-electron chi connectivity index (χ2n) is 7.07. The molecule has 31 heavy (non-hydrogen) atoms. The van der Waals surface area contributed by atoms with Gasteiger partial charge in [0.15, 0.2) is 17.4 Å². The average molecular weight is 470 g/mol. The Kier molecular flexibility index (Phi) is 6.57. The van der Waals surface area contributed by atoms with Gasteiger partial charge in [-0.05, 0) is 44.0 Å². The van der Waals surface area contributed by atoms with Crippen LogP contribution in [0.25, 0.3) is 10.9 Å². The van der Waals surface area contributed by atoms with E-state index < -0.39 is 35.2 Å². The highest BCUT2D eigenvalue weighted by molar-refractivity contribution is 6.42. The second kappa shape index (κ2) is 8.85. The lowest BCUT2D eigenvalue weighted by atomic mass is 9.97. The Labute approximate surface area is 187 Å². The Morgan fingerprint density at radius 3 is 2.48 bits per heavy atom. The molecule has 1 N–H and O–H groups in total. The molecule has 1 unspecified atom stereocenters. The fourth-order valence-electron chi connectivity index (χ4n) is 3.51. The van der Waals surface area contributed by atoms with Gasteiger partial charge in [-0.1, -0.05) is 30.1 Å². The summed E-state index contributed by atoms with van der Waals surface area (Å²) in [7, 11) is 0. The number of hydrogen-bond donors (Lipinski definition) is 1. The van der Waals surface area contributed by atoms with E-state index in [4.69, 9.17) is 27.9 Å². The maximum atomic E-state index is 15.0. The van der Waals surface area contributed by atoms with Crippen molar-refractivity contribution in [2.24, 2.45) is 0 Å². The molecular weight excluding hydrogens is 451 g/mol. The van der Waals surface area contributed by atoms with Crippen LogP contribution in [0, 0.1) is 18.6 Å². The van der Waals surface area contributed by atoms with Crippen LogP contribution >= 0.6 is 23.2 Å². The van der Waals surface area contributed by atoms with Crippen LogP contribution < -0.4 is 0 Å². The number of rotatable bonds is 5. The summed E-state index contributed by atoms with van der Waals surface area (Å²) in [6.45, 7) is 4.99. The van der Waals surface area contributed by atoms with Crippen molar-refractivity contribution < 1.29 is 28.2 Å². The minimum Gasteiger partial charge on any atom is -0.503 e. The van der Waals surface area contributed by atoms with E-state index in [0.717, 1.165) is 10.6 Å². The molecule has 1 aromatic heterocycles. The summed E-state index contributed by atoms with van der Waals surface area (Å²) in [4.78, 5) is 25.8. The molecule has 0 aliphatic carbocycles. The first kappa shape index (κ1) is 23.0. The van der Waals surface area contributed by atoms with Crippen LogP contribution in [0.4, 0.5) is 8.78 Å². The maximum Gasteiger partial charge on any atom is 0.313 e. The van der Waals surface area contributed by atoms with Crippen molar-refractivity contribution in [3.63, 3.8) is 0 Å². The van der Waals surface area contributed by atoms with Gasteiger partial charge < -0.3 is 9.84 Å². The van der Waals surface area contributed by atoms with Crippen LogP contribution in [-0.2, 0) is 9.53 Å². The fraction of sp³-hybridized carbons (Fsp3) is 0.273. The van der Waals surface area contributed by atoms with Crippen molar-refractivity contribution in [2.45, 2.75) is 33.1 Å². The molecule has 0 saturated heterocycles. The topological polar surface area (TPSA) is 68.5 Å². The zero-order valence-corrected chi connectivity index (χ0v) is 18.4. The van der Waals surface area contributed by atoms with Gasteiger partial charge in [-0.25, -0.2) is 8.78 Å². The normalized spacial score (nSPS) is 12.2. The zero-order chi connectivity index (χ0) is 23.0. The number of fused-ring (bicyclic) bond motifs is 1. The molecule has 1 heterocycles. The number of aromatic hydroxyl groups is 1. The lowest BCUT2D eigenvalue weighted by Gasteiger charge is -2.13. The van der Waals surface area contributed by atoms with E-state index in [1.807, 2.05) is 6.92 Å². The van der Waals surface area contributed by atoms with Gasteiger partial charge in [0, 0.05) is 22.7 Å². The van der Waals surface area contributed by atoms with Crippen molar-refractivity contribution >= 4 is 46.0 Å². The summed E-state index contributed by atoms with van der Waals surface area (Å²) in [6.07, 6.45) is 0.593. The quantitative estimate of drug-likeness (QED) is 0.466. The summed E-state index contributed by atoms with van der Waals surface area (Å²) >= 11 is 11.9. The van der Waals surface area contributed by atoms with Crippen LogP contribution in [0.3, 0.4) is 0 Å². The van der Waals surface area contributed by atoms with Crippen LogP contribution in [0.15, 0.2) is 24.3 Å². The van der Waals surface area contributed by atoms with Crippen LogP contribution in [0.5, 0.6) is 5.75 Å². The van der Waals surface area contributed by atoms with Crippen molar-refractivity contribution in [3.8, 4) is 5.75 Å². The van der Waals surface area contributed by atoms with Crippen LogP contribution in [-0.4, -0.2) is 28.2 Å². The van der Waals surface area contributed by atoms with Crippen molar-refractivity contribution in [1.82, 2.24) is 4.57 Å². The predicted octanol–water partition coefficient (Wildman–Crippen LogP) is 5.99. The van der Waals surface area contributed by atoms with Crippen molar-refractivity contribution in [3.05, 3.63) is 62.8 Å². The van der Waals surface area contributed by atoms with Crippen molar-refractivity contribution in [1.29, 1.82) is 0 Å². The third-order valence-electron chi connectivity index (χ3n) is 5.01. The lowest BCUT2D eigenvalue weighted by molar-refractivity contribution is -0.145. The minimum atomic E-state index is -1.26. The molecule has 0 spiro atoms. The summed E-state index contributed by atoms with van der Waals surface area (Å²) < 4.78 is 35.4. The Bertz CT molecular complexity index is 1210. The number of nitrogens with zero attached hydrogens (tertiary/aromatic N) is 1. The number of benzene rings is 2. The molecule has 0 fully saturated rings. The number of halogens is 4. The molecule has 0 amide bonds. The van der Waals surface area contributed by atoms with E-state index in [2.05, 4.69) is 0 Å². The Hall–Kier alpha value is -2.64. The first-order chi connectivity index (χ1) is 14.6. The third-order valence-corrected chi connectivity index (χ3v) is 5.75. The molecule has 3 rings (SSSR count). The highest BCUT2D eigenvalue weighted by Crippen LogP contribution is 2.39. The summed E-state index contributed by atoms with van der Waals surface area (Å²) in [6, 6.07) is 5.04. The molecular formula is C22H19Cl2F2NO4. The average Bonchev–Trinajstić information content (AvgIpc) is 3.02. The predicted molar refractivity (Wildman–Crippen MR) is 114 cm³/mol. The van der Waals surface area contributed by atoms with Gasteiger partial charge in [0.1, 0.15) is 0 Å². The number of hydrogen-bond acceptors (Lipinski definition) is 4. The molecule has 3 aromatic rings. The molecule has 2 aromatic carbocycles. The smallest absolute Gasteiger partial charge is 0.313 e. The summed E-state index contributed by atoms with van der Waals surface area (Å²) in [5.41, 5.74) is 0.316. The standard InChI is InChI=1S/C22H19Cl2F2NO4/c1-4-7-31-22(30)10(2)17-11(3)27(16-9-15(25)20(28)19(26)18(16)17)21(29)12-5-6-13(23)14(24)8-12/h5-6,8-10,28H,4,7H2,1-3H3. The van der Waals surface area contributed by atoms with Crippen LogP contribution in [0.1, 0.15) is 47.8 Å². The van der Waals surface area contributed by atoms with E-state index in [1.165, 1.54) is 32.0 Å². The first-order valence-electron chi connectivity index (χ1n) is 9.48.